The minimum Gasteiger partial charge on any atom is -0.394 e. The number of hydrogen-bond donors (Lipinski definition) is 7. The fourth-order valence-corrected chi connectivity index (χ4v) is 6.28. The molecule has 0 aromatic heterocycles. The highest BCUT2D eigenvalue weighted by Gasteiger charge is 2.51. The number of nitrogens with one attached hydrogen (secondary N) is 4. The number of nitrogens with two attached hydrogens (primary N) is 2. The van der Waals surface area contributed by atoms with E-state index in [0.717, 1.165) is 24.8 Å². The monoisotopic (exact) mass is 485 g/mol. The average molecular weight is 486 g/mol. The van der Waals surface area contributed by atoms with Gasteiger partial charge in [-0.1, -0.05) is 12.1 Å². The van der Waals surface area contributed by atoms with Crippen LogP contribution in [0.1, 0.15) is 44.1 Å². The van der Waals surface area contributed by atoms with Crippen LogP contribution < -0.4 is 32.7 Å². The summed E-state index contributed by atoms with van der Waals surface area (Å²) in [5, 5.41) is 20.5. The third-order valence-electron chi connectivity index (χ3n) is 7.33. The Kier molecular flexibility index (Phi) is 7.44. The Morgan fingerprint density at radius 3 is 2.14 bits per heavy atom. The molecule has 4 fully saturated rings. The van der Waals surface area contributed by atoms with Gasteiger partial charge in [0.05, 0.1) is 18.8 Å². The predicted molar refractivity (Wildman–Crippen MR) is 130 cm³/mol. The number of nitrogens with zero attached hydrogens (tertiary/aromatic N) is 1. The molecule has 1 unspecified atom stereocenters. The zero-order valence-corrected chi connectivity index (χ0v) is 19.8. The number of benzene rings is 1. The van der Waals surface area contributed by atoms with E-state index in [9.17, 15) is 19.5 Å². The molecular formula is C24H35N7O4. The van der Waals surface area contributed by atoms with Crippen molar-refractivity contribution in [1.29, 1.82) is 0 Å². The molecule has 4 aliphatic rings. The minimum absolute atomic E-state index is 0.0392. The summed E-state index contributed by atoms with van der Waals surface area (Å²) in [5.74, 6) is 0.962. The number of aliphatic hydroxyl groups excluding tert-OH is 1. The van der Waals surface area contributed by atoms with Crippen LogP contribution in [0.15, 0.2) is 29.3 Å². The minimum atomic E-state index is -1.14. The van der Waals surface area contributed by atoms with Crippen LogP contribution in [0.5, 0.6) is 0 Å². The maximum absolute atomic E-state index is 12.7. The van der Waals surface area contributed by atoms with Gasteiger partial charge in [-0.2, -0.15) is 0 Å². The Bertz CT molecular complexity index is 939. The van der Waals surface area contributed by atoms with Gasteiger partial charge in [0.1, 0.15) is 6.04 Å². The zero-order chi connectivity index (χ0) is 25.0. The summed E-state index contributed by atoms with van der Waals surface area (Å²) in [7, 11) is 0. The van der Waals surface area contributed by atoms with E-state index in [0.29, 0.717) is 23.4 Å². The van der Waals surface area contributed by atoms with Crippen LogP contribution >= 0.6 is 0 Å². The number of guanidine groups is 1. The van der Waals surface area contributed by atoms with Crippen molar-refractivity contribution in [2.24, 2.45) is 34.2 Å². The smallest absolute Gasteiger partial charge is 0.315 e. The van der Waals surface area contributed by atoms with Crippen LogP contribution in [0.2, 0.25) is 0 Å². The first kappa shape index (κ1) is 24.8. The Morgan fingerprint density at radius 1 is 1.00 bits per heavy atom. The van der Waals surface area contributed by atoms with E-state index in [-0.39, 0.29) is 24.6 Å². The third kappa shape index (κ3) is 6.41. The molecule has 0 aliphatic heterocycles. The summed E-state index contributed by atoms with van der Waals surface area (Å²) < 4.78 is 0. The highest BCUT2D eigenvalue weighted by molar-refractivity contribution is 5.90. The third-order valence-corrected chi connectivity index (χ3v) is 7.33. The summed E-state index contributed by atoms with van der Waals surface area (Å²) in [5.41, 5.74) is 11.9. The molecule has 0 radical (unpaired) electrons. The second kappa shape index (κ2) is 10.5. The lowest BCUT2D eigenvalue weighted by atomic mass is 9.53. The molecule has 1 atom stereocenters. The Labute approximate surface area is 204 Å². The lowest BCUT2D eigenvalue weighted by Gasteiger charge is -2.56. The predicted octanol–water partition coefficient (Wildman–Crippen LogP) is -0.0472. The van der Waals surface area contributed by atoms with Crippen LogP contribution in [-0.4, -0.2) is 53.6 Å². The zero-order valence-electron chi connectivity index (χ0n) is 19.8. The number of carbonyl (C=O) groups is 3. The molecule has 4 saturated carbocycles. The van der Waals surface area contributed by atoms with Gasteiger partial charge in [0.25, 0.3) is 0 Å². The molecule has 0 heterocycles. The highest BCUT2D eigenvalue weighted by atomic mass is 16.3. The first-order valence-corrected chi connectivity index (χ1v) is 12.2. The number of amides is 4. The molecule has 190 valence electrons. The summed E-state index contributed by atoms with van der Waals surface area (Å²) >= 11 is 0. The molecule has 1 aromatic carbocycles. The lowest BCUT2D eigenvalue weighted by Crippen LogP contribution is -2.63. The number of rotatable bonds is 9. The van der Waals surface area contributed by atoms with Gasteiger partial charge in [0.2, 0.25) is 11.8 Å². The highest BCUT2D eigenvalue weighted by Crippen LogP contribution is 2.55. The van der Waals surface area contributed by atoms with Gasteiger partial charge < -0.3 is 37.8 Å². The molecule has 5 rings (SSSR count). The second-order valence-corrected chi connectivity index (χ2v) is 10.2. The van der Waals surface area contributed by atoms with Crippen molar-refractivity contribution >= 4 is 29.5 Å². The van der Waals surface area contributed by atoms with E-state index in [4.69, 9.17) is 11.5 Å². The summed E-state index contributed by atoms with van der Waals surface area (Å²) in [6, 6.07) is 5.39. The topological polar surface area (TPSA) is 184 Å². The quantitative estimate of drug-likeness (QED) is 0.190. The van der Waals surface area contributed by atoms with Crippen LogP contribution in [-0.2, 0) is 16.1 Å². The molecule has 9 N–H and O–H groups in total. The first-order chi connectivity index (χ1) is 16.7. The molecule has 0 spiro atoms. The van der Waals surface area contributed by atoms with E-state index in [2.05, 4.69) is 26.3 Å². The standard InChI is InChI=1S/C24H35N7O4/c25-22(26)29-18-3-1-14(2-4-18)11-27-20(33)12-28-21(34)19(13-32)30-23(35)31-24-8-15-5-16(9-24)7-17(6-15)10-24/h1-4,15-17,19,32H,5-13H2,(H,27,33)(H,28,34)(H4,25,26,29)(H2,30,31,35). The van der Waals surface area contributed by atoms with Gasteiger partial charge in [-0.25, -0.2) is 9.79 Å². The van der Waals surface area contributed by atoms with E-state index < -0.39 is 30.5 Å². The number of aliphatic hydroxyl groups is 1. The number of carbonyl (C=O) groups excluding carboxylic acids is 3. The Morgan fingerprint density at radius 2 is 1.60 bits per heavy atom. The van der Waals surface area contributed by atoms with Gasteiger partial charge in [-0.3, -0.25) is 9.59 Å². The average Bonchev–Trinajstić information content (AvgIpc) is 2.79. The van der Waals surface area contributed by atoms with Gasteiger partial charge >= 0.3 is 6.03 Å². The Balaban J connectivity index is 1.19. The fraction of sp³-hybridized carbons (Fsp3) is 0.583. The molecule has 4 bridgehead atoms. The van der Waals surface area contributed by atoms with Crippen molar-refractivity contribution in [2.75, 3.05) is 13.2 Å². The molecule has 35 heavy (non-hydrogen) atoms. The van der Waals surface area contributed by atoms with Crippen LogP contribution in [0.4, 0.5) is 10.5 Å². The molecule has 4 aliphatic carbocycles. The SMILES string of the molecule is NC(N)=Nc1ccc(CNC(=O)CNC(=O)C(CO)NC(=O)NC23CC4CC(CC(C4)C2)C3)cc1. The van der Waals surface area contributed by atoms with Crippen LogP contribution in [0.25, 0.3) is 0 Å². The van der Waals surface area contributed by atoms with Crippen molar-refractivity contribution < 1.29 is 19.5 Å². The number of aliphatic imine (C=N–C) groups is 1. The van der Waals surface area contributed by atoms with Gasteiger partial charge in [-0.05, 0) is 74.0 Å². The van der Waals surface area contributed by atoms with Gasteiger partial charge in [0.15, 0.2) is 5.96 Å². The fourth-order valence-electron chi connectivity index (χ4n) is 6.28. The number of urea groups is 1. The maximum Gasteiger partial charge on any atom is 0.315 e. The van der Waals surface area contributed by atoms with E-state index in [1.807, 2.05) is 0 Å². The normalized spacial score (nSPS) is 26.9. The van der Waals surface area contributed by atoms with Crippen molar-refractivity contribution in [3.8, 4) is 0 Å². The molecule has 1 aromatic rings. The van der Waals surface area contributed by atoms with E-state index in [1.165, 1.54) is 19.3 Å². The maximum atomic E-state index is 12.7. The largest absolute Gasteiger partial charge is 0.394 e. The molecule has 4 amide bonds. The first-order valence-electron chi connectivity index (χ1n) is 12.2. The molecule has 0 saturated heterocycles. The van der Waals surface area contributed by atoms with E-state index >= 15 is 0 Å². The summed E-state index contributed by atoms with van der Waals surface area (Å²) in [6.45, 7) is -0.588. The van der Waals surface area contributed by atoms with E-state index in [1.54, 1.807) is 24.3 Å². The van der Waals surface area contributed by atoms with Crippen LogP contribution in [0.3, 0.4) is 0 Å². The molecule has 11 nitrogen and oxygen atoms in total. The summed E-state index contributed by atoms with van der Waals surface area (Å²) in [4.78, 5) is 41.2. The number of hydrogen-bond acceptors (Lipinski definition) is 5. The van der Waals surface area contributed by atoms with Gasteiger partial charge in [0, 0.05) is 12.1 Å². The molecular weight excluding hydrogens is 450 g/mol. The molecule has 11 heteroatoms. The second-order valence-electron chi connectivity index (χ2n) is 10.2. The van der Waals surface area contributed by atoms with Gasteiger partial charge in [-0.15, -0.1) is 0 Å². The van der Waals surface area contributed by atoms with Crippen molar-refractivity contribution in [3.05, 3.63) is 29.8 Å². The summed E-state index contributed by atoms with van der Waals surface area (Å²) in [6.07, 6.45) is 6.74. The lowest BCUT2D eigenvalue weighted by molar-refractivity contribution is -0.127. The van der Waals surface area contributed by atoms with Crippen molar-refractivity contribution in [3.63, 3.8) is 0 Å². The Hall–Kier alpha value is -3.34. The van der Waals surface area contributed by atoms with Crippen molar-refractivity contribution in [1.82, 2.24) is 21.3 Å². The van der Waals surface area contributed by atoms with Crippen molar-refractivity contribution in [2.45, 2.75) is 56.7 Å². The van der Waals surface area contributed by atoms with Crippen LogP contribution in [0, 0.1) is 17.8 Å².